The molecular weight excluding hydrogens is 520 g/mol. The predicted molar refractivity (Wildman–Crippen MR) is 147 cm³/mol. The molecule has 3 aromatic carbocycles. The van der Waals surface area contributed by atoms with Gasteiger partial charge in [0.1, 0.15) is 23.0 Å². The van der Waals surface area contributed by atoms with Crippen LogP contribution < -0.4 is 16.2 Å². The smallest absolute Gasteiger partial charge is 0.292 e. The summed E-state index contributed by atoms with van der Waals surface area (Å²) in [6, 6.07) is 18.6. The Morgan fingerprint density at radius 2 is 1.85 bits per heavy atom. The van der Waals surface area contributed by atoms with Gasteiger partial charge in [0.2, 0.25) is 17.6 Å². The first-order valence-corrected chi connectivity index (χ1v) is 12.6. The highest BCUT2D eigenvalue weighted by Crippen LogP contribution is 2.37. The van der Waals surface area contributed by atoms with Crippen molar-refractivity contribution >= 4 is 56.9 Å². The van der Waals surface area contributed by atoms with Gasteiger partial charge in [-0.2, -0.15) is 0 Å². The van der Waals surface area contributed by atoms with Crippen molar-refractivity contribution in [2.75, 3.05) is 5.32 Å². The molecule has 3 amide bonds. The summed E-state index contributed by atoms with van der Waals surface area (Å²) < 4.78 is 7.29. The number of para-hydroxylation sites is 1. The average Bonchev–Trinajstić information content (AvgIpc) is 3.29. The highest BCUT2D eigenvalue weighted by Gasteiger charge is 2.31. The third kappa shape index (κ3) is 4.26. The first-order chi connectivity index (χ1) is 18.8. The second-order valence-corrected chi connectivity index (χ2v) is 9.71. The van der Waals surface area contributed by atoms with Gasteiger partial charge in [0.25, 0.3) is 11.5 Å². The van der Waals surface area contributed by atoms with Crippen LogP contribution in [-0.2, 0) is 9.59 Å². The minimum Gasteiger partial charge on any atom is -0.450 e. The Labute approximate surface area is 226 Å². The molecule has 1 saturated heterocycles. The summed E-state index contributed by atoms with van der Waals surface area (Å²) in [4.78, 5) is 55.8. The highest BCUT2D eigenvalue weighted by atomic mass is 35.5. The van der Waals surface area contributed by atoms with E-state index in [1.165, 1.54) is 4.57 Å². The fourth-order valence-electron chi connectivity index (χ4n) is 5.03. The molecule has 5 aromatic rings. The Hall–Kier alpha value is -4.76. The van der Waals surface area contributed by atoms with E-state index >= 15 is 0 Å². The minimum absolute atomic E-state index is 0.0871. The molecule has 0 radical (unpaired) electrons. The molecule has 0 bridgehead atoms. The molecule has 194 valence electrons. The molecule has 10 heteroatoms. The quantitative estimate of drug-likeness (QED) is 0.309. The summed E-state index contributed by atoms with van der Waals surface area (Å²) in [7, 11) is 0. The molecule has 3 heterocycles. The summed E-state index contributed by atoms with van der Waals surface area (Å²) in [6.07, 6.45) is 0.330. The van der Waals surface area contributed by atoms with E-state index in [1.54, 1.807) is 43.3 Å². The first kappa shape index (κ1) is 24.6. The van der Waals surface area contributed by atoms with Gasteiger partial charge >= 0.3 is 0 Å². The average molecular weight is 541 g/mol. The molecule has 1 aliphatic heterocycles. The van der Waals surface area contributed by atoms with Crippen molar-refractivity contribution in [3.05, 3.63) is 93.7 Å². The van der Waals surface area contributed by atoms with Gasteiger partial charge < -0.3 is 9.73 Å². The number of furan rings is 1. The number of carbonyl (C=O) groups is 3. The molecule has 0 saturated carbocycles. The number of halogens is 1. The molecule has 1 atom stereocenters. The third-order valence-corrected chi connectivity index (χ3v) is 7.03. The number of benzene rings is 3. The predicted octanol–water partition coefficient (Wildman–Crippen LogP) is 5.00. The molecule has 2 N–H and O–H groups in total. The van der Waals surface area contributed by atoms with Gasteiger partial charge in [-0.3, -0.25) is 29.1 Å². The monoisotopic (exact) mass is 540 g/mol. The Kier molecular flexibility index (Phi) is 6.00. The van der Waals surface area contributed by atoms with Gasteiger partial charge in [-0.15, -0.1) is 0 Å². The SMILES string of the molecule is Cc1nc2c(NC(=O)c3oc4cc(Cl)ccc4c3-c3ccccc3)cccc2c(=O)n1C1CCC(=O)NC1=O. The Bertz CT molecular complexity index is 1880. The van der Waals surface area contributed by atoms with E-state index in [2.05, 4.69) is 15.6 Å². The summed E-state index contributed by atoms with van der Waals surface area (Å²) in [5.41, 5.74) is 2.02. The van der Waals surface area contributed by atoms with Crippen LogP contribution >= 0.6 is 11.6 Å². The topological polar surface area (TPSA) is 123 Å². The van der Waals surface area contributed by atoms with Crippen LogP contribution in [0.2, 0.25) is 5.02 Å². The largest absolute Gasteiger partial charge is 0.450 e. The standard InChI is InChI=1S/C29H21ClN4O5/c1-15-31-25-19(29(38)34(15)21-12-13-23(35)33-27(21)36)8-5-9-20(25)32-28(37)26-24(16-6-3-2-4-7-16)18-11-10-17(30)14-22(18)39-26/h2-11,14,21H,12-13H2,1H3,(H,32,37)(H,33,35,36). The number of hydrogen-bond donors (Lipinski definition) is 2. The van der Waals surface area contributed by atoms with Crippen LogP contribution in [0.3, 0.4) is 0 Å². The molecule has 39 heavy (non-hydrogen) atoms. The van der Waals surface area contributed by atoms with E-state index in [4.69, 9.17) is 16.0 Å². The summed E-state index contributed by atoms with van der Waals surface area (Å²) in [5.74, 6) is -1.07. The van der Waals surface area contributed by atoms with Gasteiger partial charge in [0, 0.05) is 28.5 Å². The number of aryl methyl sites for hydroxylation is 1. The number of carbonyl (C=O) groups excluding carboxylic acids is 3. The van der Waals surface area contributed by atoms with Gasteiger partial charge in [0.15, 0.2) is 0 Å². The number of anilines is 1. The van der Waals surface area contributed by atoms with E-state index in [1.807, 2.05) is 30.3 Å². The normalized spacial score (nSPS) is 15.5. The number of nitrogens with zero attached hydrogens (tertiary/aromatic N) is 2. The zero-order valence-electron chi connectivity index (χ0n) is 20.7. The Morgan fingerprint density at radius 1 is 1.05 bits per heavy atom. The maximum atomic E-state index is 13.6. The van der Waals surface area contributed by atoms with Crippen molar-refractivity contribution in [2.24, 2.45) is 0 Å². The van der Waals surface area contributed by atoms with Gasteiger partial charge in [-0.25, -0.2) is 4.98 Å². The van der Waals surface area contributed by atoms with Crippen molar-refractivity contribution < 1.29 is 18.8 Å². The van der Waals surface area contributed by atoms with Crippen molar-refractivity contribution in [1.29, 1.82) is 0 Å². The van der Waals surface area contributed by atoms with Crippen molar-refractivity contribution in [2.45, 2.75) is 25.8 Å². The zero-order valence-corrected chi connectivity index (χ0v) is 21.4. The first-order valence-electron chi connectivity index (χ1n) is 12.3. The van der Waals surface area contributed by atoms with Crippen LogP contribution in [0.15, 0.2) is 75.9 Å². The lowest BCUT2D eigenvalue weighted by Gasteiger charge is -2.24. The Morgan fingerprint density at radius 3 is 2.62 bits per heavy atom. The third-order valence-electron chi connectivity index (χ3n) is 6.80. The van der Waals surface area contributed by atoms with Crippen molar-refractivity contribution in [3.8, 4) is 11.1 Å². The maximum absolute atomic E-state index is 13.6. The second-order valence-electron chi connectivity index (χ2n) is 9.27. The summed E-state index contributed by atoms with van der Waals surface area (Å²) in [6.45, 7) is 1.61. The van der Waals surface area contributed by atoms with Crippen LogP contribution in [0.5, 0.6) is 0 Å². The van der Waals surface area contributed by atoms with E-state index in [9.17, 15) is 19.2 Å². The fourth-order valence-corrected chi connectivity index (χ4v) is 5.19. The molecule has 6 rings (SSSR count). The summed E-state index contributed by atoms with van der Waals surface area (Å²) >= 11 is 6.17. The van der Waals surface area contributed by atoms with Crippen LogP contribution in [-0.4, -0.2) is 27.3 Å². The number of aromatic nitrogens is 2. The van der Waals surface area contributed by atoms with Gasteiger partial charge in [-0.05, 0) is 43.2 Å². The lowest BCUT2D eigenvalue weighted by molar-refractivity contribution is -0.135. The van der Waals surface area contributed by atoms with E-state index in [0.717, 1.165) is 10.9 Å². The number of fused-ring (bicyclic) bond motifs is 2. The molecule has 0 spiro atoms. The minimum atomic E-state index is -0.846. The molecule has 1 unspecified atom stereocenters. The second kappa shape index (κ2) is 9.52. The fraction of sp³-hybridized carbons (Fsp3) is 0.138. The number of piperidine rings is 1. The van der Waals surface area contributed by atoms with Gasteiger partial charge in [0.05, 0.1) is 11.1 Å². The Balaban J connectivity index is 1.43. The lowest BCUT2D eigenvalue weighted by atomic mass is 10.0. The zero-order chi connectivity index (χ0) is 27.3. The van der Waals surface area contributed by atoms with Gasteiger partial charge in [-0.1, -0.05) is 48.0 Å². The molecular formula is C29H21ClN4O5. The lowest BCUT2D eigenvalue weighted by Crippen LogP contribution is -2.45. The van der Waals surface area contributed by atoms with E-state index < -0.39 is 23.4 Å². The summed E-state index contributed by atoms with van der Waals surface area (Å²) in [5, 5.41) is 6.56. The molecule has 9 nitrogen and oxygen atoms in total. The number of hydrogen-bond acceptors (Lipinski definition) is 6. The molecule has 1 fully saturated rings. The molecule has 0 aliphatic carbocycles. The number of amides is 3. The van der Waals surface area contributed by atoms with Crippen LogP contribution in [0.4, 0.5) is 5.69 Å². The van der Waals surface area contributed by atoms with Crippen LogP contribution in [0.25, 0.3) is 33.0 Å². The van der Waals surface area contributed by atoms with E-state index in [-0.39, 0.29) is 41.2 Å². The number of nitrogens with one attached hydrogen (secondary N) is 2. The van der Waals surface area contributed by atoms with Crippen molar-refractivity contribution in [3.63, 3.8) is 0 Å². The highest BCUT2D eigenvalue weighted by molar-refractivity contribution is 6.31. The maximum Gasteiger partial charge on any atom is 0.292 e. The molecule has 2 aromatic heterocycles. The van der Waals surface area contributed by atoms with Crippen LogP contribution in [0, 0.1) is 6.92 Å². The van der Waals surface area contributed by atoms with E-state index in [0.29, 0.717) is 21.9 Å². The van der Waals surface area contributed by atoms with Crippen molar-refractivity contribution in [1.82, 2.24) is 14.9 Å². The number of imide groups is 1. The molecule has 1 aliphatic rings. The number of rotatable bonds is 4. The van der Waals surface area contributed by atoms with Crippen LogP contribution in [0.1, 0.15) is 35.3 Å².